The highest BCUT2D eigenvalue weighted by Gasteiger charge is 2.15. The molecule has 2 rings (SSSR count). The van der Waals surface area contributed by atoms with Crippen molar-refractivity contribution in [3.05, 3.63) is 77.9 Å². The van der Waals surface area contributed by atoms with Gasteiger partial charge >= 0.3 is 0 Å². The quantitative estimate of drug-likeness (QED) is 0.661. The van der Waals surface area contributed by atoms with Gasteiger partial charge in [-0.15, -0.1) is 0 Å². The SMILES string of the molecule is Cc1ccc(S(=O)(=O)N[C@@H](C)C=C[C@@H](O)COCc2ccccc2)cc1. The second kappa shape index (κ2) is 9.64. The van der Waals surface area contributed by atoms with E-state index in [1.807, 2.05) is 37.3 Å². The summed E-state index contributed by atoms with van der Waals surface area (Å²) in [5.41, 5.74) is 2.03. The average molecular weight is 375 g/mol. The normalized spacial score (nSPS) is 14.4. The Morgan fingerprint density at radius 3 is 2.38 bits per heavy atom. The molecule has 0 heterocycles. The summed E-state index contributed by atoms with van der Waals surface area (Å²) in [5.74, 6) is 0. The number of rotatable bonds is 9. The molecule has 2 aromatic carbocycles. The van der Waals surface area contributed by atoms with Gasteiger partial charge in [-0.2, -0.15) is 0 Å². The summed E-state index contributed by atoms with van der Waals surface area (Å²) in [4.78, 5) is 0.218. The Kier molecular flexibility index (Phi) is 7.53. The molecule has 26 heavy (non-hydrogen) atoms. The molecule has 0 unspecified atom stereocenters. The zero-order valence-corrected chi connectivity index (χ0v) is 15.8. The summed E-state index contributed by atoms with van der Waals surface area (Å²) >= 11 is 0. The molecular formula is C20H25NO4S. The number of hydrogen-bond donors (Lipinski definition) is 2. The number of hydrogen-bond acceptors (Lipinski definition) is 4. The largest absolute Gasteiger partial charge is 0.387 e. The summed E-state index contributed by atoms with van der Waals surface area (Å²) in [6, 6.07) is 15.9. The number of aliphatic hydroxyl groups excluding tert-OH is 1. The Labute approximate surface area is 155 Å². The van der Waals surface area contributed by atoms with Crippen LogP contribution in [0.25, 0.3) is 0 Å². The second-order valence-corrected chi connectivity index (χ2v) is 7.89. The predicted molar refractivity (Wildman–Crippen MR) is 102 cm³/mol. The van der Waals surface area contributed by atoms with Gasteiger partial charge in [0, 0.05) is 6.04 Å². The van der Waals surface area contributed by atoms with E-state index in [0.717, 1.165) is 11.1 Å². The van der Waals surface area contributed by atoms with Gasteiger partial charge in [-0.05, 0) is 31.5 Å². The van der Waals surface area contributed by atoms with Crippen molar-refractivity contribution < 1.29 is 18.3 Å². The molecule has 2 atom stereocenters. The molecule has 0 saturated carbocycles. The highest BCUT2D eigenvalue weighted by molar-refractivity contribution is 7.89. The number of aryl methyl sites for hydroxylation is 1. The average Bonchev–Trinajstić information content (AvgIpc) is 2.61. The monoisotopic (exact) mass is 375 g/mol. The maximum atomic E-state index is 12.3. The van der Waals surface area contributed by atoms with Crippen LogP contribution in [0.15, 0.2) is 71.6 Å². The predicted octanol–water partition coefficient (Wildman–Crippen LogP) is 2.80. The van der Waals surface area contributed by atoms with Gasteiger partial charge in [0.1, 0.15) is 0 Å². The van der Waals surface area contributed by atoms with Gasteiger partial charge in [0.2, 0.25) is 10.0 Å². The number of benzene rings is 2. The Balaban J connectivity index is 1.80. The number of aliphatic hydroxyl groups is 1. The van der Waals surface area contributed by atoms with Gasteiger partial charge in [-0.1, -0.05) is 60.2 Å². The molecular weight excluding hydrogens is 350 g/mol. The molecule has 0 fully saturated rings. The van der Waals surface area contributed by atoms with Gasteiger partial charge in [0.25, 0.3) is 0 Å². The van der Waals surface area contributed by atoms with Crippen molar-refractivity contribution >= 4 is 10.0 Å². The van der Waals surface area contributed by atoms with Gasteiger partial charge in [-0.3, -0.25) is 0 Å². The second-order valence-electron chi connectivity index (χ2n) is 6.18. The summed E-state index contributed by atoms with van der Waals surface area (Å²) < 4.78 is 32.6. The van der Waals surface area contributed by atoms with Crippen LogP contribution in [0.5, 0.6) is 0 Å². The van der Waals surface area contributed by atoms with Crippen molar-refractivity contribution in [2.45, 2.75) is 37.5 Å². The first-order valence-corrected chi connectivity index (χ1v) is 9.92. The van der Waals surface area contributed by atoms with Crippen molar-refractivity contribution in [2.75, 3.05) is 6.61 Å². The smallest absolute Gasteiger partial charge is 0.241 e. The van der Waals surface area contributed by atoms with Crippen LogP contribution in [0.1, 0.15) is 18.1 Å². The highest BCUT2D eigenvalue weighted by atomic mass is 32.2. The van der Waals surface area contributed by atoms with Crippen LogP contribution in [0.4, 0.5) is 0 Å². The zero-order valence-electron chi connectivity index (χ0n) is 15.0. The lowest BCUT2D eigenvalue weighted by atomic mass is 10.2. The van der Waals surface area contributed by atoms with Crippen LogP contribution < -0.4 is 4.72 Å². The molecule has 6 heteroatoms. The van der Waals surface area contributed by atoms with E-state index in [1.54, 1.807) is 37.3 Å². The maximum absolute atomic E-state index is 12.3. The Hall–Kier alpha value is -1.99. The molecule has 0 aliphatic heterocycles. The fourth-order valence-electron chi connectivity index (χ4n) is 2.29. The number of ether oxygens (including phenoxy) is 1. The molecule has 0 aliphatic carbocycles. The van der Waals surface area contributed by atoms with Gasteiger partial charge in [0.05, 0.1) is 24.2 Å². The van der Waals surface area contributed by atoms with Crippen LogP contribution in [0, 0.1) is 6.92 Å². The van der Waals surface area contributed by atoms with E-state index in [-0.39, 0.29) is 11.5 Å². The van der Waals surface area contributed by atoms with E-state index in [2.05, 4.69) is 4.72 Å². The first kappa shape index (κ1) is 20.3. The molecule has 0 radical (unpaired) electrons. The third-order valence-electron chi connectivity index (χ3n) is 3.69. The minimum absolute atomic E-state index is 0.142. The van der Waals surface area contributed by atoms with Crippen LogP contribution in [-0.2, 0) is 21.4 Å². The third kappa shape index (κ3) is 6.72. The van der Waals surface area contributed by atoms with E-state index >= 15 is 0 Å². The molecule has 140 valence electrons. The number of nitrogens with one attached hydrogen (secondary N) is 1. The van der Waals surface area contributed by atoms with Crippen molar-refractivity contribution in [1.29, 1.82) is 0 Å². The van der Waals surface area contributed by atoms with Crippen LogP contribution in [-0.4, -0.2) is 32.3 Å². The lowest BCUT2D eigenvalue weighted by Crippen LogP contribution is -2.31. The molecule has 5 nitrogen and oxygen atoms in total. The molecule has 0 aliphatic rings. The molecule has 2 N–H and O–H groups in total. The van der Waals surface area contributed by atoms with E-state index in [9.17, 15) is 13.5 Å². The van der Waals surface area contributed by atoms with Crippen molar-refractivity contribution in [3.63, 3.8) is 0 Å². The lowest BCUT2D eigenvalue weighted by Gasteiger charge is -2.12. The Morgan fingerprint density at radius 1 is 1.08 bits per heavy atom. The maximum Gasteiger partial charge on any atom is 0.241 e. The van der Waals surface area contributed by atoms with Gasteiger partial charge < -0.3 is 9.84 Å². The summed E-state index contributed by atoms with van der Waals surface area (Å²) in [7, 11) is -3.59. The third-order valence-corrected chi connectivity index (χ3v) is 5.27. The molecule has 0 saturated heterocycles. The zero-order chi connectivity index (χ0) is 19.0. The van der Waals surface area contributed by atoms with E-state index in [0.29, 0.717) is 6.61 Å². The molecule has 2 aromatic rings. The van der Waals surface area contributed by atoms with Crippen LogP contribution in [0.3, 0.4) is 0 Å². The molecule has 0 amide bonds. The van der Waals surface area contributed by atoms with E-state index in [1.165, 1.54) is 6.08 Å². The summed E-state index contributed by atoms with van der Waals surface area (Å²) in [5, 5.41) is 9.93. The van der Waals surface area contributed by atoms with Gasteiger partial charge in [-0.25, -0.2) is 13.1 Å². The molecule has 0 bridgehead atoms. The highest BCUT2D eigenvalue weighted by Crippen LogP contribution is 2.10. The van der Waals surface area contributed by atoms with E-state index in [4.69, 9.17) is 4.74 Å². The standard InChI is InChI=1S/C20H25NO4S/c1-16-8-12-20(13-9-16)26(23,24)21-17(2)10-11-19(22)15-25-14-18-6-4-3-5-7-18/h3-13,17,19,21-22H,14-15H2,1-2H3/t17-,19+/m0/s1. The first-order valence-electron chi connectivity index (χ1n) is 8.44. The summed E-state index contributed by atoms with van der Waals surface area (Å²) in [6.07, 6.45) is 2.35. The first-order chi connectivity index (χ1) is 12.4. The van der Waals surface area contributed by atoms with Crippen LogP contribution >= 0.6 is 0 Å². The van der Waals surface area contributed by atoms with Crippen LogP contribution in [0.2, 0.25) is 0 Å². The lowest BCUT2D eigenvalue weighted by molar-refractivity contribution is 0.0502. The van der Waals surface area contributed by atoms with E-state index < -0.39 is 22.2 Å². The number of sulfonamides is 1. The fraction of sp³-hybridized carbons (Fsp3) is 0.300. The Bertz CT molecular complexity index is 801. The molecule has 0 aromatic heterocycles. The van der Waals surface area contributed by atoms with Gasteiger partial charge in [0.15, 0.2) is 0 Å². The summed E-state index contributed by atoms with van der Waals surface area (Å²) in [6.45, 7) is 4.17. The van der Waals surface area contributed by atoms with Crippen molar-refractivity contribution in [2.24, 2.45) is 0 Å². The van der Waals surface area contributed by atoms with Crippen molar-refractivity contribution in [1.82, 2.24) is 4.72 Å². The topological polar surface area (TPSA) is 75.6 Å². The Morgan fingerprint density at radius 2 is 1.73 bits per heavy atom. The molecule has 0 spiro atoms. The fourth-order valence-corrected chi connectivity index (χ4v) is 3.49. The van der Waals surface area contributed by atoms with Crippen molar-refractivity contribution in [3.8, 4) is 0 Å². The minimum Gasteiger partial charge on any atom is -0.387 e. The minimum atomic E-state index is -3.59.